The van der Waals surface area contributed by atoms with Crippen molar-refractivity contribution in [2.45, 2.75) is 32.9 Å². The van der Waals surface area contributed by atoms with Gasteiger partial charge in [0.25, 0.3) is 0 Å². The molecule has 2 amide bonds. The first-order valence-electron chi connectivity index (χ1n) is 7.39. The maximum atomic E-state index is 13.7. The smallest absolute Gasteiger partial charge is 0.410 e. The van der Waals surface area contributed by atoms with Gasteiger partial charge in [-0.25, -0.2) is 9.18 Å². The first-order valence-corrected chi connectivity index (χ1v) is 7.39. The van der Waals surface area contributed by atoms with Crippen LogP contribution >= 0.6 is 0 Å². The van der Waals surface area contributed by atoms with Gasteiger partial charge in [0, 0.05) is 25.2 Å². The van der Waals surface area contributed by atoms with E-state index in [-0.39, 0.29) is 36.9 Å². The number of phenols is 1. The van der Waals surface area contributed by atoms with Gasteiger partial charge in [-0.3, -0.25) is 9.69 Å². The fourth-order valence-corrected chi connectivity index (χ4v) is 2.25. The van der Waals surface area contributed by atoms with E-state index in [0.29, 0.717) is 6.54 Å². The third kappa shape index (κ3) is 4.58. The Balaban J connectivity index is 1.98. The van der Waals surface area contributed by atoms with Gasteiger partial charge in [0.15, 0.2) is 0 Å². The maximum absolute atomic E-state index is 13.7. The van der Waals surface area contributed by atoms with Gasteiger partial charge in [0.05, 0.1) is 0 Å². The highest BCUT2D eigenvalue weighted by Gasteiger charge is 2.30. The molecule has 1 fully saturated rings. The summed E-state index contributed by atoms with van der Waals surface area (Å²) in [6.45, 7) is 5.83. The molecule has 126 valence electrons. The average molecular weight is 324 g/mol. The molecule has 0 spiro atoms. The van der Waals surface area contributed by atoms with Crippen molar-refractivity contribution in [2.75, 3.05) is 19.6 Å². The molecule has 0 aliphatic carbocycles. The van der Waals surface area contributed by atoms with Crippen LogP contribution in [0.3, 0.4) is 0 Å². The molecule has 1 aromatic carbocycles. The first-order chi connectivity index (χ1) is 10.7. The maximum Gasteiger partial charge on any atom is 0.410 e. The van der Waals surface area contributed by atoms with Crippen molar-refractivity contribution in [3.05, 3.63) is 29.6 Å². The van der Waals surface area contributed by atoms with Crippen molar-refractivity contribution in [2.24, 2.45) is 0 Å². The van der Waals surface area contributed by atoms with Gasteiger partial charge in [0.2, 0.25) is 5.91 Å². The molecule has 0 saturated carbocycles. The van der Waals surface area contributed by atoms with Gasteiger partial charge in [-0.1, -0.05) is 0 Å². The van der Waals surface area contributed by atoms with Crippen LogP contribution in [0.1, 0.15) is 26.3 Å². The Hall–Kier alpha value is -2.31. The normalized spacial score (nSPS) is 15.7. The van der Waals surface area contributed by atoms with E-state index in [0.717, 1.165) is 6.07 Å². The highest BCUT2D eigenvalue weighted by Crippen LogP contribution is 2.19. The summed E-state index contributed by atoms with van der Waals surface area (Å²) in [6.07, 6.45) is -0.533. The minimum atomic E-state index is -0.623. The summed E-state index contributed by atoms with van der Waals surface area (Å²) in [5, 5.41) is 9.42. The number of nitrogens with zero attached hydrogens (tertiary/aromatic N) is 2. The number of halogens is 1. The Morgan fingerprint density at radius 2 is 2.04 bits per heavy atom. The van der Waals surface area contributed by atoms with Gasteiger partial charge in [-0.15, -0.1) is 0 Å². The number of amides is 2. The zero-order chi connectivity index (χ0) is 17.2. The molecule has 1 aromatic rings. The molecule has 1 aliphatic heterocycles. The zero-order valence-corrected chi connectivity index (χ0v) is 13.5. The fraction of sp³-hybridized carbons (Fsp3) is 0.500. The van der Waals surface area contributed by atoms with Gasteiger partial charge in [-0.2, -0.15) is 0 Å². The molecule has 1 N–H and O–H groups in total. The first kappa shape index (κ1) is 17.1. The number of carbonyl (C=O) groups is 2. The molecular formula is C16H21FN2O4. The molecular weight excluding hydrogens is 303 g/mol. The quantitative estimate of drug-likeness (QED) is 0.904. The van der Waals surface area contributed by atoms with Crippen LogP contribution in [0.25, 0.3) is 0 Å². The number of aromatic hydroxyl groups is 1. The van der Waals surface area contributed by atoms with Gasteiger partial charge in [-0.05, 0) is 39.0 Å². The van der Waals surface area contributed by atoms with Gasteiger partial charge < -0.3 is 14.7 Å². The largest absolute Gasteiger partial charge is 0.508 e. The van der Waals surface area contributed by atoms with Crippen molar-refractivity contribution >= 4 is 12.0 Å². The highest BCUT2D eigenvalue weighted by molar-refractivity contribution is 5.83. The molecule has 6 nitrogen and oxygen atoms in total. The van der Waals surface area contributed by atoms with Crippen LogP contribution in [0, 0.1) is 5.82 Å². The lowest BCUT2D eigenvalue weighted by molar-refractivity contribution is -0.136. The molecule has 7 heteroatoms. The number of phenolic OH excluding ortho intramolecular Hbond substituents is 1. The molecule has 23 heavy (non-hydrogen) atoms. The second-order valence-corrected chi connectivity index (χ2v) is 6.49. The second kappa shape index (κ2) is 6.44. The van der Waals surface area contributed by atoms with Crippen molar-refractivity contribution in [3.8, 4) is 5.75 Å². The summed E-state index contributed by atoms with van der Waals surface area (Å²) in [6, 6.07) is 3.70. The Labute approximate surface area is 134 Å². The van der Waals surface area contributed by atoms with Gasteiger partial charge >= 0.3 is 6.09 Å². The zero-order valence-electron chi connectivity index (χ0n) is 13.5. The third-order valence-corrected chi connectivity index (χ3v) is 3.36. The van der Waals surface area contributed by atoms with E-state index in [1.54, 1.807) is 20.8 Å². The van der Waals surface area contributed by atoms with Crippen LogP contribution in [-0.4, -0.2) is 52.1 Å². The molecule has 0 atom stereocenters. The molecule has 0 radical (unpaired) electrons. The average Bonchev–Trinajstić information content (AvgIpc) is 2.43. The van der Waals surface area contributed by atoms with E-state index in [2.05, 4.69) is 0 Å². The Morgan fingerprint density at radius 3 is 2.65 bits per heavy atom. The molecule has 1 aliphatic rings. The molecule has 1 heterocycles. The van der Waals surface area contributed by atoms with Crippen molar-refractivity contribution in [1.29, 1.82) is 0 Å². The van der Waals surface area contributed by atoms with Crippen LogP contribution in [0.15, 0.2) is 18.2 Å². The monoisotopic (exact) mass is 324 g/mol. The fourth-order valence-electron chi connectivity index (χ4n) is 2.25. The highest BCUT2D eigenvalue weighted by atomic mass is 19.1. The van der Waals surface area contributed by atoms with Gasteiger partial charge in [0.1, 0.15) is 23.7 Å². The lowest BCUT2D eigenvalue weighted by atomic mass is 10.1. The minimum absolute atomic E-state index is 0.0544. The Bertz CT molecular complexity index is 613. The van der Waals surface area contributed by atoms with Crippen molar-refractivity contribution in [1.82, 2.24) is 9.80 Å². The van der Waals surface area contributed by atoms with E-state index in [1.807, 2.05) is 0 Å². The number of ether oxygens (including phenoxy) is 1. The molecule has 2 rings (SSSR count). The Morgan fingerprint density at radius 1 is 1.35 bits per heavy atom. The third-order valence-electron chi connectivity index (χ3n) is 3.36. The van der Waals surface area contributed by atoms with Crippen LogP contribution in [-0.2, 0) is 16.1 Å². The summed E-state index contributed by atoms with van der Waals surface area (Å²) >= 11 is 0. The predicted octanol–water partition coefficient (Wildman–Crippen LogP) is 2.11. The van der Waals surface area contributed by atoms with Crippen molar-refractivity contribution in [3.63, 3.8) is 0 Å². The summed E-state index contributed by atoms with van der Waals surface area (Å²) in [5.74, 6) is -0.823. The number of benzene rings is 1. The van der Waals surface area contributed by atoms with Crippen molar-refractivity contribution < 1.29 is 23.8 Å². The second-order valence-electron chi connectivity index (χ2n) is 6.49. The summed E-state index contributed by atoms with van der Waals surface area (Å²) in [4.78, 5) is 26.9. The molecule has 1 saturated heterocycles. The number of rotatable bonds is 2. The summed E-state index contributed by atoms with van der Waals surface area (Å²) in [7, 11) is 0. The number of hydrogen-bond acceptors (Lipinski definition) is 4. The standard InChI is InChI=1S/C16H21FN2O4/c1-16(2,3)23-15(22)19-7-6-18(14(21)10-19)9-11-8-12(20)4-5-13(11)17/h4-5,8,20H,6-7,9-10H2,1-3H3. The topological polar surface area (TPSA) is 70.1 Å². The van der Waals surface area contributed by atoms with Crippen LogP contribution in [0.5, 0.6) is 5.75 Å². The van der Waals surface area contributed by atoms with Crippen LogP contribution in [0.4, 0.5) is 9.18 Å². The molecule has 0 aromatic heterocycles. The van der Waals surface area contributed by atoms with Crippen LogP contribution < -0.4 is 0 Å². The number of piperazine rings is 1. The minimum Gasteiger partial charge on any atom is -0.508 e. The SMILES string of the molecule is CC(C)(C)OC(=O)N1CCN(Cc2cc(O)ccc2F)C(=O)C1. The van der Waals surface area contributed by atoms with E-state index >= 15 is 0 Å². The number of hydrogen-bond donors (Lipinski definition) is 1. The summed E-state index contributed by atoms with van der Waals surface area (Å²) in [5.41, 5.74) is -0.383. The van der Waals surface area contributed by atoms with Crippen LogP contribution in [0.2, 0.25) is 0 Å². The van der Waals surface area contributed by atoms with E-state index < -0.39 is 17.5 Å². The summed E-state index contributed by atoms with van der Waals surface area (Å²) < 4.78 is 18.9. The molecule has 0 bridgehead atoms. The number of carbonyl (C=O) groups excluding carboxylic acids is 2. The Kier molecular flexibility index (Phi) is 4.77. The van der Waals surface area contributed by atoms with E-state index in [1.165, 1.54) is 21.9 Å². The molecule has 0 unspecified atom stereocenters. The lowest BCUT2D eigenvalue weighted by Gasteiger charge is -2.35. The predicted molar refractivity (Wildman–Crippen MR) is 81.3 cm³/mol. The van der Waals surface area contributed by atoms with E-state index in [9.17, 15) is 19.1 Å². The van der Waals surface area contributed by atoms with E-state index in [4.69, 9.17) is 4.74 Å². The lowest BCUT2D eigenvalue weighted by Crippen LogP contribution is -2.52.